The predicted molar refractivity (Wildman–Crippen MR) is 85.3 cm³/mol. The molecule has 1 aromatic carbocycles. The van der Waals surface area contributed by atoms with Gasteiger partial charge in [-0.3, -0.25) is 16.3 Å². The van der Waals surface area contributed by atoms with Gasteiger partial charge < -0.3 is 0 Å². The average molecular weight is 370 g/mol. The van der Waals surface area contributed by atoms with Gasteiger partial charge in [-0.25, -0.2) is 8.42 Å². The third kappa shape index (κ3) is 4.34. The fraction of sp³-hybridized carbons (Fsp3) is 0.214. The van der Waals surface area contributed by atoms with Gasteiger partial charge in [-0.15, -0.1) is 0 Å². The molecule has 0 spiro atoms. The summed E-state index contributed by atoms with van der Waals surface area (Å²) in [6.07, 6.45) is 5.34. The quantitative estimate of drug-likeness (QED) is 0.621. The van der Waals surface area contributed by atoms with Crippen molar-refractivity contribution in [1.82, 2.24) is 10.4 Å². The summed E-state index contributed by atoms with van der Waals surface area (Å²) in [5.74, 6) is 5.61. The van der Waals surface area contributed by atoms with Crippen LogP contribution >= 0.6 is 15.9 Å². The Balaban J connectivity index is 2.21. The lowest BCUT2D eigenvalue weighted by atomic mass is 10.0. The molecule has 21 heavy (non-hydrogen) atoms. The second-order valence-corrected chi connectivity index (χ2v) is 7.71. The topological polar surface area (TPSA) is 85.1 Å². The monoisotopic (exact) mass is 369 g/mol. The smallest absolute Gasteiger partial charge is 0.175 e. The lowest BCUT2D eigenvalue weighted by Crippen LogP contribution is -2.29. The van der Waals surface area contributed by atoms with Crippen molar-refractivity contribution < 1.29 is 8.42 Å². The lowest BCUT2D eigenvalue weighted by molar-refractivity contribution is 0.550. The van der Waals surface area contributed by atoms with Crippen LogP contribution < -0.4 is 11.3 Å². The van der Waals surface area contributed by atoms with Gasteiger partial charge in [0.25, 0.3) is 0 Å². The molecule has 0 aliphatic heterocycles. The Labute approximate surface area is 132 Å². The standard InChI is InChI=1S/C14H16BrN3O2S/c1-21(19,20)13-4-2-11(3-5-13)14(18-16)7-10-6-12(15)9-17-8-10/h2-6,8-9,14,18H,7,16H2,1H3. The van der Waals surface area contributed by atoms with Crippen LogP contribution in [-0.2, 0) is 16.3 Å². The van der Waals surface area contributed by atoms with Gasteiger partial charge in [-0.1, -0.05) is 12.1 Å². The minimum absolute atomic E-state index is 0.116. The molecule has 1 atom stereocenters. The van der Waals surface area contributed by atoms with Crippen LogP contribution in [0.5, 0.6) is 0 Å². The number of hydrazine groups is 1. The predicted octanol–water partition coefficient (Wildman–Crippen LogP) is 1.99. The number of hydrogen-bond acceptors (Lipinski definition) is 5. The van der Waals surface area contributed by atoms with E-state index in [1.54, 1.807) is 36.7 Å². The van der Waals surface area contributed by atoms with Gasteiger partial charge in [0.1, 0.15) is 0 Å². The molecule has 112 valence electrons. The lowest BCUT2D eigenvalue weighted by Gasteiger charge is -2.16. The van der Waals surface area contributed by atoms with E-state index in [1.807, 2.05) is 6.07 Å². The van der Waals surface area contributed by atoms with E-state index in [4.69, 9.17) is 5.84 Å². The van der Waals surface area contributed by atoms with Crippen molar-refractivity contribution in [3.63, 3.8) is 0 Å². The number of nitrogens with zero attached hydrogens (tertiary/aromatic N) is 1. The van der Waals surface area contributed by atoms with Crippen LogP contribution in [0.3, 0.4) is 0 Å². The van der Waals surface area contributed by atoms with Crippen LogP contribution in [-0.4, -0.2) is 19.7 Å². The largest absolute Gasteiger partial charge is 0.271 e. The van der Waals surface area contributed by atoms with Crippen molar-refractivity contribution >= 4 is 25.8 Å². The SMILES string of the molecule is CS(=O)(=O)c1ccc(C(Cc2cncc(Br)c2)NN)cc1. The summed E-state index contributed by atoms with van der Waals surface area (Å²) in [5, 5.41) is 0. The van der Waals surface area contributed by atoms with E-state index in [-0.39, 0.29) is 6.04 Å². The van der Waals surface area contributed by atoms with E-state index >= 15 is 0 Å². The summed E-state index contributed by atoms with van der Waals surface area (Å²) in [7, 11) is -3.18. The molecule has 2 aromatic rings. The molecule has 1 heterocycles. The highest BCUT2D eigenvalue weighted by molar-refractivity contribution is 9.10. The number of sulfone groups is 1. The van der Waals surface area contributed by atoms with Gasteiger partial charge in [-0.05, 0) is 51.7 Å². The molecule has 7 heteroatoms. The molecule has 0 radical (unpaired) electrons. The number of benzene rings is 1. The zero-order chi connectivity index (χ0) is 15.5. The summed E-state index contributed by atoms with van der Waals surface area (Å²) in [6, 6.07) is 8.58. The molecule has 3 N–H and O–H groups in total. The third-order valence-electron chi connectivity index (χ3n) is 3.11. The molecule has 1 unspecified atom stereocenters. The Bertz CT molecular complexity index is 717. The van der Waals surface area contributed by atoms with Gasteiger partial charge in [0, 0.05) is 23.1 Å². The molecule has 1 aromatic heterocycles. The van der Waals surface area contributed by atoms with Crippen LogP contribution in [0.15, 0.2) is 52.1 Å². The zero-order valence-corrected chi connectivity index (χ0v) is 13.9. The van der Waals surface area contributed by atoms with Gasteiger partial charge in [0.15, 0.2) is 9.84 Å². The first-order valence-electron chi connectivity index (χ1n) is 6.25. The number of aromatic nitrogens is 1. The number of pyridine rings is 1. The molecule has 0 aliphatic rings. The van der Waals surface area contributed by atoms with Gasteiger partial charge in [0.2, 0.25) is 0 Å². The maximum Gasteiger partial charge on any atom is 0.175 e. The van der Waals surface area contributed by atoms with Crippen molar-refractivity contribution in [3.8, 4) is 0 Å². The fourth-order valence-corrected chi connectivity index (χ4v) is 3.07. The number of rotatable bonds is 5. The van der Waals surface area contributed by atoms with E-state index in [2.05, 4.69) is 26.3 Å². The zero-order valence-electron chi connectivity index (χ0n) is 11.5. The maximum atomic E-state index is 11.5. The fourth-order valence-electron chi connectivity index (χ4n) is 2.02. The first-order valence-corrected chi connectivity index (χ1v) is 8.94. The van der Waals surface area contributed by atoms with Crippen molar-refractivity contribution in [1.29, 1.82) is 0 Å². The molecular weight excluding hydrogens is 354 g/mol. The highest BCUT2D eigenvalue weighted by Gasteiger charge is 2.13. The second kappa shape index (κ2) is 6.65. The minimum Gasteiger partial charge on any atom is -0.271 e. The highest BCUT2D eigenvalue weighted by Crippen LogP contribution is 2.21. The molecule has 2 rings (SSSR count). The first-order chi connectivity index (χ1) is 9.90. The Morgan fingerprint density at radius 3 is 2.48 bits per heavy atom. The normalized spacial score (nSPS) is 13.1. The first kappa shape index (κ1) is 16.1. The number of nitrogens with two attached hydrogens (primary N) is 1. The van der Waals surface area contributed by atoms with E-state index in [1.165, 1.54) is 6.26 Å². The van der Waals surface area contributed by atoms with Crippen LogP contribution in [0.2, 0.25) is 0 Å². The Morgan fingerprint density at radius 2 is 1.95 bits per heavy atom. The Hall–Kier alpha value is -1.28. The molecule has 0 aliphatic carbocycles. The van der Waals surface area contributed by atoms with Crippen LogP contribution in [0.1, 0.15) is 17.2 Å². The van der Waals surface area contributed by atoms with Crippen molar-refractivity contribution in [2.24, 2.45) is 5.84 Å². The van der Waals surface area contributed by atoms with Crippen molar-refractivity contribution in [2.45, 2.75) is 17.4 Å². The summed E-state index contributed by atoms with van der Waals surface area (Å²) in [6.45, 7) is 0. The van der Waals surface area contributed by atoms with E-state index in [0.717, 1.165) is 15.6 Å². The average Bonchev–Trinajstić information content (AvgIpc) is 2.44. The summed E-state index contributed by atoms with van der Waals surface area (Å²) >= 11 is 3.38. The second-order valence-electron chi connectivity index (χ2n) is 4.78. The summed E-state index contributed by atoms with van der Waals surface area (Å²) < 4.78 is 23.8. The van der Waals surface area contributed by atoms with E-state index in [9.17, 15) is 8.42 Å². The van der Waals surface area contributed by atoms with Crippen molar-refractivity contribution in [3.05, 3.63) is 58.3 Å². The third-order valence-corrected chi connectivity index (χ3v) is 4.68. The summed E-state index contributed by atoms with van der Waals surface area (Å²) in [5.41, 5.74) is 4.70. The molecule has 0 saturated heterocycles. The maximum absolute atomic E-state index is 11.5. The van der Waals surface area contributed by atoms with E-state index < -0.39 is 9.84 Å². The molecule has 0 fully saturated rings. The van der Waals surface area contributed by atoms with Crippen LogP contribution in [0, 0.1) is 0 Å². The highest BCUT2D eigenvalue weighted by atomic mass is 79.9. The minimum atomic E-state index is -3.18. The van der Waals surface area contributed by atoms with Crippen LogP contribution in [0.25, 0.3) is 0 Å². The molecule has 5 nitrogen and oxygen atoms in total. The molecule has 0 saturated carbocycles. The number of nitrogens with one attached hydrogen (secondary N) is 1. The Morgan fingerprint density at radius 1 is 1.29 bits per heavy atom. The molecule has 0 amide bonds. The van der Waals surface area contributed by atoms with Gasteiger partial charge >= 0.3 is 0 Å². The van der Waals surface area contributed by atoms with Gasteiger partial charge in [-0.2, -0.15) is 0 Å². The molecule has 0 bridgehead atoms. The van der Waals surface area contributed by atoms with E-state index in [0.29, 0.717) is 11.3 Å². The number of hydrogen-bond donors (Lipinski definition) is 2. The number of halogens is 1. The van der Waals surface area contributed by atoms with Gasteiger partial charge in [0.05, 0.1) is 10.9 Å². The molecular formula is C14H16BrN3O2S. The summed E-state index contributed by atoms with van der Waals surface area (Å²) in [4.78, 5) is 4.41. The van der Waals surface area contributed by atoms with Crippen molar-refractivity contribution in [2.75, 3.05) is 6.26 Å². The Kier molecular flexibility index (Phi) is 5.10. The van der Waals surface area contributed by atoms with Crippen LogP contribution in [0.4, 0.5) is 0 Å².